The predicted octanol–water partition coefficient (Wildman–Crippen LogP) is -0.275. The van der Waals surface area contributed by atoms with E-state index in [4.69, 9.17) is 5.73 Å². The zero-order chi connectivity index (χ0) is 6.69. The van der Waals surface area contributed by atoms with Crippen molar-refractivity contribution in [1.29, 1.82) is 0 Å². The zero-order valence-corrected chi connectivity index (χ0v) is 5.72. The summed E-state index contributed by atoms with van der Waals surface area (Å²) in [5.41, 5.74) is 5.57. The Morgan fingerprint density at radius 1 is 1.78 bits per heavy atom. The summed E-state index contributed by atoms with van der Waals surface area (Å²) in [5, 5.41) is 3.14. The lowest BCUT2D eigenvalue weighted by Crippen LogP contribution is -2.41. The highest BCUT2D eigenvalue weighted by Crippen LogP contribution is 1.91. The fourth-order valence-corrected chi connectivity index (χ4v) is 0.856. The van der Waals surface area contributed by atoms with Crippen LogP contribution >= 0.6 is 0 Å². The summed E-state index contributed by atoms with van der Waals surface area (Å²) in [6, 6.07) is 0.0744. The molecule has 3 N–H and O–H groups in total. The molecule has 1 heterocycles. The first kappa shape index (κ1) is 6.55. The van der Waals surface area contributed by atoms with Crippen LogP contribution in [0.4, 0.5) is 0 Å². The molecular weight excluding hydrogens is 114 g/mol. The molecule has 1 aliphatic heterocycles. The van der Waals surface area contributed by atoms with Gasteiger partial charge in [-0.3, -0.25) is 4.99 Å². The molecule has 0 fully saturated rings. The van der Waals surface area contributed by atoms with E-state index in [0.717, 1.165) is 25.3 Å². The molecule has 0 amide bonds. The molecule has 0 saturated carbocycles. The van der Waals surface area contributed by atoms with E-state index in [2.05, 4.69) is 10.3 Å². The van der Waals surface area contributed by atoms with Gasteiger partial charge in [-0.2, -0.15) is 0 Å². The molecule has 0 aliphatic carbocycles. The van der Waals surface area contributed by atoms with Crippen LogP contribution in [-0.2, 0) is 0 Å². The van der Waals surface area contributed by atoms with Crippen LogP contribution in [0.3, 0.4) is 0 Å². The Hall–Kier alpha value is -0.570. The number of hydrogen-bond donors (Lipinski definition) is 2. The fraction of sp³-hybridized carbons (Fsp3) is 0.833. The summed E-state index contributed by atoms with van der Waals surface area (Å²) in [5.74, 6) is 0.959. The number of hydrogen-bond acceptors (Lipinski definition) is 3. The highest BCUT2D eigenvalue weighted by atomic mass is 15.0. The average molecular weight is 127 g/mol. The number of aliphatic imine (C=N–C) groups is 1. The van der Waals surface area contributed by atoms with Crippen molar-refractivity contribution in [1.82, 2.24) is 5.32 Å². The minimum Gasteiger partial charge on any atom is -0.372 e. The highest BCUT2D eigenvalue weighted by molar-refractivity contribution is 5.87. The number of amidine groups is 1. The van der Waals surface area contributed by atoms with Gasteiger partial charge in [-0.05, 0) is 13.3 Å². The van der Waals surface area contributed by atoms with Crippen molar-refractivity contribution in [2.45, 2.75) is 19.4 Å². The summed E-state index contributed by atoms with van der Waals surface area (Å²) < 4.78 is 0. The lowest BCUT2D eigenvalue weighted by Gasteiger charge is -2.16. The second kappa shape index (κ2) is 2.82. The third-order valence-corrected chi connectivity index (χ3v) is 1.35. The SMILES string of the molecule is CC(N)C1=NCCCN1. The van der Waals surface area contributed by atoms with Crippen molar-refractivity contribution in [2.24, 2.45) is 10.7 Å². The van der Waals surface area contributed by atoms with Crippen LogP contribution in [0.1, 0.15) is 13.3 Å². The van der Waals surface area contributed by atoms with E-state index < -0.39 is 0 Å². The number of rotatable bonds is 1. The molecule has 0 aromatic carbocycles. The summed E-state index contributed by atoms with van der Waals surface area (Å²) in [6.07, 6.45) is 1.14. The third kappa shape index (κ3) is 1.68. The second-order valence-corrected chi connectivity index (χ2v) is 2.34. The summed E-state index contributed by atoms with van der Waals surface area (Å²) in [7, 11) is 0. The van der Waals surface area contributed by atoms with Gasteiger partial charge < -0.3 is 11.1 Å². The van der Waals surface area contributed by atoms with E-state index >= 15 is 0 Å². The van der Waals surface area contributed by atoms with Gasteiger partial charge in [-0.25, -0.2) is 0 Å². The van der Waals surface area contributed by atoms with Gasteiger partial charge in [0.05, 0.1) is 6.04 Å². The van der Waals surface area contributed by atoms with E-state index in [1.807, 2.05) is 6.92 Å². The van der Waals surface area contributed by atoms with Crippen molar-refractivity contribution in [3.63, 3.8) is 0 Å². The molecule has 9 heavy (non-hydrogen) atoms. The van der Waals surface area contributed by atoms with Crippen molar-refractivity contribution in [2.75, 3.05) is 13.1 Å². The van der Waals surface area contributed by atoms with Crippen molar-refractivity contribution >= 4 is 5.84 Å². The maximum atomic E-state index is 5.57. The largest absolute Gasteiger partial charge is 0.372 e. The molecule has 0 bridgehead atoms. The molecule has 0 aromatic rings. The Morgan fingerprint density at radius 3 is 2.89 bits per heavy atom. The van der Waals surface area contributed by atoms with E-state index in [1.54, 1.807) is 0 Å². The molecule has 0 radical (unpaired) electrons. The van der Waals surface area contributed by atoms with Gasteiger partial charge in [0.25, 0.3) is 0 Å². The van der Waals surface area contributed by atoms with E-state index in [-0.39, 0.29) is 6.04 Å². The van der Waals surface area contributed by atoms with Crippen LogP contribution in [0.15, 0.2) is 4.99 Å². The minimum atomic E-state index is 0.0744. The van der Waals surface area contributed by atoms with Gasteiger partial charge in [0.15, 0.2) is 0 Å². The monoisotopic (exact) mass is 127 g/mol. The Morgan fingerprint density at radius 2 is 2.56 bits per heavy atom. The molecule has 0 saturated heterocycles. The molecule has 3 heteroatoms. The molecule has 52 valence electrons. The fourth-order valence-electron chi connectivity index (χ4n) is 0.856. The highest BCUT2D eigenvalue weighted by Gasteiger charge is 2.06. The number of nitrogens with zero attached hydrogens (tertiary/aromatic N) is 1. The smallest absolute Gasteiger partial charge is 0.113 e. The first-order valence-corrected chi connectivity index (χ1v) is 3.34. The number of nitrogens with one attached hydrogen (secondary N) is 1. The van der Waals surface area contributed by atoms with Gasteiger partial charge >= 0.3 is 0 Å². The van der Waals surface area contributed by atoms with Gasteiger partial charge in [-0.1, -0.05) is 0 Å². The molecular formula is C6H13N3. The first-order valence-electron chi connectivity index (χ1n) is 3.34. The Kier molecular flexibility index (Phi) is 2.05. The zero-order valence-electron chi connectivity index (χ0n) is 5.72. The normalized spacial score (nSPS) is 22.2. The maximum absolute atomic E-state index is 5.57. The van der Waals surface area contributed by atoms with Crippen molar-refractivity contribution < 1.29 is 0 Å². The lowest BCUT2D eigenvalue weighted by molar-refractivity contribution is 0.711. The van der Waals surface area contributed by atoms with Crippen molar-refractivity contribution in [3.8, 4) is 0 Å². The third-order valence-electron chi connectivity index (χ3n) is 1.35. The van der Waals surface area contributed by atoms with Crippen LogP contribution in [0.2, 0.25) is 0 Å². The van der Waals surface area contributed by atoms with Gasteiger partial charge in [-0.15, -0.1) is 0 Å². The maximum Gasteiger partial charge on any atom is 0.113 e. The van der Waals surface area contributed by atoms with Gasteiger partial charge in [0.1, 0.15) is 5.84 Å². The van der Waals surface area contributed by atoms with Crippen LogP contribution in [0, 0.1) is 0 Å². The lowest BCUT2D eigenvalue weighted by atomic mass is 10.2. The summed E-state index contributed by atoms with van der Waals surface area (Å²) >= 11 is 0. The van der Waals surface area contributed by atoms with Crippen LogP contribution in [-0.4, -0.2) is 25.0 Å². The number of nitrogens with two attached hydrogens (primary N) is 1. The van der Waals surface area contributed by atoms with E-state index in [1.165, 1.54) is 0 Å². The molecule has 0 spiro atoms. The standard InChI is InChI=1S/C6H13N3/c1-5(7)6-8-3-2-4-9-6/h5H,2-4,7H2,1H3,(H,8,9). The molecule has 0 aromatic heterocycles. The molecule has 3 nitrogen and oxygen atoms in total. The molecule has 1 atom stereocenters. The minimum absolute atomic E-state index is 0.0744. The molecule has 1 rings (SSSR count). The quantitative estimate of drug-likeness (QED) is 0.509. The summed E-state index contributed by atoms with van der Waals surface area (Å²) in [4.78, 5) is 4.21. The summed E-state index contributed by atoms with van der Waals surface area (Å²) in [6.45, 7) is 3.90. The molecule has 1 unspecified atom stereocenters. The van der Waals surface area contributed by atoms with Gasteiger partial charge in [0.2, 0.25) is 0 Å². The van der Waals surface area contributed by atoms with E-state index in [9.17, 15) is 0 Å². The van der Waals surface area contributed by atoms with Crippen LogP contribution in [0.5, 0.6) is 0 Å². The average Bonchev–Trinajstić information content (AvgIpc) is 1.90. The topological polar surface area (TPSA) is 50.4 Å². The first-order chi connectivity index (χ1) is 4.30. The van der Waals surface area contributed by atoms with Gasteiger partial charge in [0, 0.05) is 13.1 Å². The Bertz CT molecular complexity index is 117. The Balaban J connectivity index is 2.46. The van der Waals surface area contributed by atoms with Crippen molar-refractivity contribution in [3.05, 3.63) is 0 Å². The Labute approximate surface area is 55.3 Å². The predicted molar refractivity (Wildman–Crippen MR) is 38.6 cm³/mol. The van der Waals surface area contributed by atoms with Crippen LogP contribution < -0.4 is 11.1 Å². The van der Waals surface area contributed by atoms with E-state index in [0.29, 0.717) is 0 Å². The van der Waals surface area contributed by atoms with Crippen LogP contribution in [0.25, 0.3) is 0 Å². The second-order valence-electron chi connectivity index (χ2n) is 2.34. The molecule has 1 aliphatic rings.